The van der Waals surface area contributed by atoms with Crippen molar-refractivity contribution in [3.05, 3.63) is 82.7 Å². The van der Waals surface area contributed by atoms with Gasteiger partial charge < -0.3 is 10.2 Å². The second-order valence-corrected chi connectivity index (χ2v) is 10.4. The molecule has 0 unspecified atom stereocenters. The van der Waals surface area contributed by atoms with E-state index >= 15 is 0 Å². The highest BCUT2D eigenvalue weighted by Crippen LogP contribution is 2.28. The lowest BCUT2D eigenvalue weighted by atomic mass is 9.84. The van der Waals surface area contributed by atoms with Crippen LogP contribution < -0.4 is 5.32 Å². The third-order valence-corrected chi connectivity index (χ3v) is 7.85. The van der Waals surface area contributed by atoms with Crippen LogP contribution in [0.25, 0.3) is 5.69 Å². The minimum atomic E-state index is 0.00728. The van der Waals surface area contributed by atoms with E-state index in [1.807, 2.05) is 54.3 Å². The van der Waals surface area contributed by atoms with Crippen molar-refractivity contribution in [2.24, 2.45) is 5.92 Å². The standard InChI is InChI=1S/C30H35N5O/c1-22-20-32-35(21-22)29-4-2-3-27(18-29)30(36)33-28-9-6-23(7-10-28)11-14-34-15-12-25-8-5-24(19-31)17-26(25)13-16-34/h2-5,8,17-18,20-21,23,28H,6-7,9-16H2,1H3,(H,33,36). The molecule has 0 saturated heterocycles. The number of benzene rings is 2. The van der Waals surface area contributed by atoms with Gasteiger partial charge in [0.25, 0.3) is 5.91 Å². The molecule has 0 atom stereocenters. The molecule has 1 aliphatic heterocycles. The Balaban J connectivity index is 1.06. The predicted octanol–water partition coefficient (Wildman–Crippen LogP) is 4.83. The maximum Gasteiger partial charge on any atom is 0.251 e. The highest BCUT2D eigenvalue weighted by atomic mass is 16.1. The summed E-state index contributed by atoms with van der Waals surface area (Å²) in [6.07, 6.45) is 11.6. The van der Waals surface area contributed by atoms with Gasteiger partial charge in [0.2, 0.25) is 0 Å². The third kappa shape index (κ3) is 5.85. The van der Waals surface area contributed by atoms with Crippen molar-refractivity contribution in [3.63, 3.8) is 0 Å². The molecule has 2 aliphatic rings. The van der Waals surface area contributed by atoms with Crippen LogP contribution in [0.2, 0.25) is 0 Å². The SMILES string of the molecule is Cc1cnn(-c2cccc(C(=O)NC3CCC(CCN4CCc5ccc(C#N)cc5CC4)CC3)c2)c1. The third-order valence-electron chi connectivity index (χ3n) is 7.85. The predicted molar refractivity (Wildman–Crippen MR) is 141 cm³/mol. The van der Waals surface area contributed by atoms with E-state index in [2.05, 4.69) is 33.5 Å². The molecule has 6 nitrogen and oxygen atoms in total. The number of carbonyl (C=O) groups excluding carboxylic acids is 1. The molecule has 1 aliphatic carbocycles. The van der Waals surface area contributed by atoms with Crippen LogP contribution in [-0.4, -0.2) is 46.3 Å². The van der Waals surface area contributed by atoms with E-state index in [0.29, 0.717) is 5.56 Å². The number of nitrogens with one attached hydrogen (secondary N) is 1. The molecule has 0 spiro atoms. The van der Waals surface area contributed by atoms with Crippen molar-refractivity contribution in [3.8, 4) is 11.8 Å². The molecule has 1 aromatic heterocycles. The zero-order valence-corrected chi connectivity index (χ0v) is 21.1. The van der Waals surface area contributed by atoms with Gasteiger partial charge in [-0.15, -0.1) is 0 Å². The Kier molecular flexibility index (Phi) is 7.48. The maximum atomic E-state index is 12.9. The second-order valence-electron chi connectivity index (χ2n) is 10.4. The maximum absolute atomic E-state index is 12.9. The number of hydrogen-bond acceptors (Lipinski definition) is 4. The summed E-state index contributed by atoms with van der Waals surface area (Å²) in [6.45, 7) is 5.32. The molecular formula is C30H35N5O. The molecule has 1 N–H and O–H groups in total. The molecule has 3 aromatic rings. The van der Waals surface area contributed by atoms with Crippen molar-refractivity contribution in [2.75, 3.05) is 19.6 Å². The average Bonchev–Trinajstić information content (AvgIpc) is 3.25. The lowest BCUT2D eigenvalue weighted by Crippen LogP contribution is -2.38. The van der Waals surface area contributed by atoms with Gasteiger partial charge in [0.15, 0.2) is 0 Å². The van der Waals surface area contributed by atoms with Crippen molar-refractivity contribution in [2.45, 2.75) is 57.9 Å². The topological polar surface area (TPSA) is 74.0 Å². The van der Waals surface area contributed by atoms with Crippen LogP contribution in [0.3, 0.4) is 0 Å². The number of hydrogen-bond donors (Lipinski definition) is 1. The van der Waals surface area contributed by atoms with Gasteiger partial charge in [-0.2, -0.15) is 10.4 Å². The van der Waals surface area contributed by atoms with Crippen LogP contribution in [0.1, 0.15) is 64.7 Å². The van der Waals surface area contributed by atoms with E-state index in [9.17, 15) is 10.1 Å². The minimum Gasteiger partial charge on any atom is -0.349 e. The summed E-state index contributed by atoms with van der Waals surface area (Å²) in [6, 6.07) is 16.4. The Morgan fingerprint density at radius 2 is 1.89 bits per heavy atom. The summed E-state index contributed by atoms with van der Waals surface area (Å²) in [4.78, 5) is 15.5. The Hall–Kier alpha value is -3.43. The molecule has 1 fully saturated rings. The van der Waals surface area contributed by atoms with Crippen LogP contribution in [0, 0.1) is 24.2 Å². The first-order chi connectivity index (χ1) is 17.6. The largest absolute Gasteiger partial charge is 0.349 e. The van der Waals surface area contributed by atoms with Crippen LogP contribution in [0.15, 0.2) is 54.9 Å². The lowest BCUT2D eigenvalue weighted by Gasteiger charge is -2.30. The summed E-state index contributed by atoms with van der Waals surface area (Å²) in [7, 11) is 0. The van der Waals surface area contributed by atoms with Gasteiger partial charge >= 0.3 is 0 Å². The fraction of sp³-hybridized carbons (Fsp3) is 0.433. The summed E-state index contributed by atoms with van der Waals surface area (Å²) < 4.78 is 1.81. The molecule has 2 heterocycles. The van der Waals surface area contributed by atoms with Gasteiger partial charge in [-0.3, -0.25) is 4.79 Å². The van der Waals surface area contributed by atoms with E-state index in [1.54, 1.807) is 0 Å². The summed E-state index contributed by atoms with van der Waals surface area (Å²) in [5, 5.41) is 16.8. The Bertz CT molecular complexity index is 1250. The van der Waals surface area contributed by atoms with Crippen molar-refractivity contribution >= 4 is 5.91 Å². The van der Waals surface area contributed by atoms with Crippen LogP contribution >= 0.6 is 0 Å². The van der Waals surface area contributed by atoms with Crippen molar-refractivity contribution in [1.82, 2.24) is 20.0 Å². The first-order valence-electron chi connectivity index (χ1n) is 13.2. The van der Waals surface area contributed by atoms with Gasteiger partial charge in [0.05, 0.1) is 23.5 Å². The lowest BCUT2D eigenvalue weighted by molar-refractivity contribution is 0.0920. The monoisotopic (exact) mass is 481 g/mol. The van der Waals surface area contributed by atoms with E-state index < -0.39 is 0 Å². The van der Waals surface area contributed by atoms with Gasteiger partial charge in [0, 0.05) is 30.9 Å². The van der Waals surface area contributed by atoms with E-state index in [4.69, 9.17) is 0 Å². The molecule has 186 valence electrons. The number of aromatic nitrogens is 2. The first kappa shape index (κ1) is 24.3. The molecule has 1 saturated carbocycles. The number of nitriles is 1. The van der Waals surface area contributed by atoms with Gasteiger partial charge in [-0.1, -0.05) is 12.1 Å². The van der Waals surface area contributed by atoms with E-state index in [1.165, 1.54) is 30.4 Å². The normalized spacial score (nSPS) is 20.2. The number of nitrogens with zero attached hydrogens (tertiary/aromatic N) is 4. The Morgan fingerprint density at radius 3 is 2.64 bits per heavy atom. The fourth-order valence-electron chi connectivity index (χ4n) is 5.64. The second kappa shape index (κ2) is 11.1. The quantitative estimate of drug-likeness (QED) is 0.547. The minimum absolute atomic E-state index is 0.00728. The highest BCUT2D eigenvalue weighted by molar-refractivity contribution is 5.94. The average molecular weight is 482 g/mol. The highest BCUT2D eigenvalue weighted by Gasteiger charge is 2.24. The molecule has 0 bridgehead atoms. The zero-order valence-electron chi connectivity index (χ0n) is 21.1. The van der Waals surface area contributed by atoms with E-state index in [-0.39, 0.29) is 11.9 Å². The van der Waals surface area contributed by atoms with Crippen molar-refractivity contribution in [1.29, 1.82) is 5.26 Å². The smallest absolute Gasteiger partial charge is 0.251 e. The molecule has 6 heteroatoms. The van der Waals surface area contributed by atoms with Crippen LogP contribution in [-0.2, 0) is 12.8 Å². The molecule has 2 aromatic carbocycles. The summed E-state index contributed by atoms with van der Waals surface area (Å²) in [5.41, 5.74) is 6.20. The number of amides is 1. The van der Waals surface area contributed by atoms with Gasteiger partial charge in [-0.05, 0) is 111 Å². The molecule has 36 heavy (non-hydrogen) atoms. The Morgan fingerprint density at radius 1 is 1.08 bits per heavy atom. The van der Waals surface area contributed by atoms with Crippen LogP contribution in [0.5, 0.6) is 0 Å². The fourth-order valence-corrected chi connectivity index (χ4v) is 5.64. The van der Waals surface area contributed by atoms with E-state index in [0.717, 1.165) is 68.0 Å². The molecule has 0 radical (unpaired) electrons. The van der Waals surface area contributed by atoms with Gasteiger partial charge in [-0.25, -0.2) is 4.68 Å². The summed E-state index contributed by atoms with van der Waals surface area (Å²) >= 11 is 0. The van der Waals surface area contributed by atoms with Crippen molar-refractivity contribution < 1.29 is 4.79 Å². The number of aryl methyl sites for hydroxylation is 1. The number of rotatable bonds is 6. The zero-order chi connectivity index (χ0) is 24.9. The van der Waals surface area contributed by atoms with Gasteiger partial charge in [0.1, 0.15) is 0 Å². The number of fused-ring (bicyclic) bond motifs is 1. The summed E-state index contributed by atoms with van der Waals surface area (Å²) in [5.74, 6) is 0.744. The molecule has 1 amide bonds. The number of carbonyl (C=O) groups is 1. The molecular weight excluding hydrogens is 446 g/mol. The molecule has 5 rings (SSSR count). The first-order valence-corrected chi connectivity index (χ1v) is 13.2. The van der Waals surface area contributed by atoms with Crippen LogP contribution in [0.4, 0.5) is 0 Å². The Labute approximate surface area is 213 Å².